The van der Waals surface area contributed by atoms with E-state index < -0.39 is 11.9 Å². The number of benzene rings is 1. The van der Waals surface area contributed by atoms with Crippen molar-refractivity contribution in [2.24, 2.45) is 5.92 Å². The average molecular weight is 415 g/mol. The third kappa shape index (κ3) is 4.82. The highest BCUT2D eigenvalue weighted by molar-refractivity contribution is 5.79. The molecular weight excluding hydrogens is 384 g/mol. The van der Waals surface area contributed by atoms with Gasteiger partial charge in [-0.15, -0.1) is 0 Å². The van der Waals surface area contributed by atoms with Crippen LogP contribution in [0, 0.1) is 5.92 Å². The Morgan fingerprint density at radius 1 is 1.07 bits per heavy atom. The number of likely N-dealkylation sites (tertiary alicyclic amines) is 2. The zero-order valence-electron chi connectivity index (χ0n) is 17.3. The highest BCUT2D eigenvalue weighted by Gasteiger charge is 2.30. The van der Waals surface area contributed by atoms with Gasteiger partial charge in [-0.3, -0.25) is 13.9 Å². The maximum Gasteiger partial charge on any atom is 0.441 e. The number of aromatic nitrogens is 2. The molecule has 1 aromatic heterocycles. The Labute approximate surface area is 176 Å². The molecule has 0 radical (unpaired) electrons. The Hall–Kier alpha value is -2.45. The molecule has 2 saturated heterocycles. The van der Waals surface area contributed by atoms with Crippen LogP contribution in [-0.2, 0) is 11.3 Å². The number of carbonyl (C=O) groups excluding carboxylic acids is 1. The Kier molecular flexibility index (Phi) is 6.64. The normalized spacial score (nSPS) is 19.7. The fraction of sp³-hybridized carbons (Fsp3) is 0.591. The summed E-state index contributed by atoms with van der Waals surface area (Å²) in [5, 5.41) is 14.5. The first kappa shape index (κ1) is 20.8. The zero-order valence-corrected chi connectivity index (χ0v) is 17.3. The van der Waals surface area contributed by atoms with Crippen LogP contribution in [0.5, 0.6) is 0 Å². The minimum atomic E-state index is -0.723. The van der Waals surface area contributed by atoms with Gasteiger partial charge in [-0.1, -0.05) is 35.5 Å². The number of hydrogen-bond acceptors (Lipinski definition) is 6. The second kappa shape index (κ2) is 9.57. The smallest absolute Gasteiger partial charge is 0.390 e. The summed E-state index contributed by atoms with van der Waals surface area (Å²) in [7, 11) is 0. The lowest BCUT2D eigenvalue weighted by molar-refractivity contribution is -0.138. The van der Waals surface area contributed by atoms with E-state index in [1.807, 2.05) is 35.2 Å². The van der Waals surface area contributed by atoms with Crippen molar-refractivity contribution in [1.29, 1.82) is 0 Å². The molecule has 4 rings (SSSR count). The van der Waals surface area contributed by atoms with Crippen LogP contribution in [-0.4, -0.2) is 69.4 Å². The molecule has 2 aliphatic rings. The van der Waals surface area contributed by atoms with Gasteiger partial charge in [0.15, 0.2) is 5.82 Å². The van der Waals surface area contributed by atoms with Crippen molar-refractivity contribution in [3.63, 3.8) is 0 Å². The number of piperidine rings is 2. The molecule has 1 unspecified atom stereocenters. The van der Waals surface area contributed by atoms with Crippen molar-refractivity contribution >= 4 is 5.91 Å². The van der Waals surface area contributed by atoms with E-state index in [0.717, 1.165) is 57.4 Å². The van der Waals surface area contributed by atoms with Crippen LogP contribution in [0.1, 0.15) is 32.1 Å². The van der Waals surface area contributed by atoms with Crippen LogP contribution in [0.2, 0.25) is 0 Å². The van der Waals surface area contributed by atoms with E-state index in [1.54, 1.807) is 0 Å². The number of amides is 1. The van der Waals surface area contributed by atoms with Crippen LogP contribution in [0.15, 0.2) is 39.6 Å². The van der Waals surface area contributed by atoms with Crippen LogP contribution < -0.4 is 5.76 Å². The molecule has 2 aromatic rings. The highest BCUT2D eigenvalue weighted by atomic mass is 16.5. The summed E-state index contributed by atoms with van der Waals surface area (Å²) in [6, 6.07) is 9.32. The van der Waals surface area contributed by atoms with E-state index in [4.69, 9.17) is 4.52 Å². The first-order chi connectivity index (χ1) is 14.6. The van der Waals surface area contributed by atoms with Gasteiger partial charge in [-0.05, 0) is 45.2 Å². The van der Waals surface area contributed by atoms with Gasteiger partial charge in [0.25, 0.3) is 0 Å². The molecule has 2 aliphatic heterocycles. The van der Waals surface area contributed by atoms with Crippen molar-refractivity contribution in [3.05, 3.63) is 40.9 Å². The van der Waals surface area contributed by atoms with Crippen molar-refractivity contribution in [3.8, 4) is 11.4 Å². The van der Waals surface area contributed by atoms with Gasteiger partial charge >= 0.3 is 5.76 Å². The van der Waals surface area contributed by atoms with Crippen molar-refractivity contribution in [2.45, 2.75) is 44.8 Å². The zero-order chi connectivity index (χ0) is 20.9. The standard InChI is InChI=1S/C22H30N4O4/c27-19(16-26-20(23-30-22(26)29)17-7-3-1-4-8-17)15-24-13-9-18(10-14-24)21(28)25-11-5-2-6-12-25/h1,3-4,7-8,18-19,27H,2,5-6,9-16H2. The number of aliphatic hydroxyl groups excluding tert-OH is 1. The van der Waals surface area contributed by atoms with Gasteiger partial charge in [0.2, 0.25) is 5.91 Å². The quantitative estimate of drug-likeness (QED) is 0.772. The van der Waals surface area contributed by atoms with Gasteiger partial charge in [0.1, 0.15) is 0 Å². The molecule has 0 spiro atoms. The summed E-state index contributed by atoms with van der Waals surface area (Å²) in [4.78, 5) is 29.0. The molecule has 8 heteroatoms. The average Bonchev–Trinajstić information content (AvgIpc) is 3.15. The lowest BCUT2D eigenvalue weighted by atomic mass is 9.94. The SMILES string of the molecule is O=C(C1CCN(CC(O)Cn2c(-c3ccccc3)noc2=O)CC1)N1CCCCC1. The second-order valence-electron chi connectivity index (χ2n) is 8.36. The first-order valence-corrected chi connectivity index (χ1v) is 10.9. The lowest BCUT2D eigenvalue weighted by Crippen LogP contribution is -2.46. The summed E-state index contributed by atoms with van der Waals surface area (Å²) in [6.45, 7) is 3.94. The monoisotopic (exact) mass is 414 g/mol. The van der Waals surface area contributed by atoms with Crippen LogP contribution >= 0.6 is 0 Å². The third-order valence-electron chi connectivity index (χ3n) is 6.19. The number of hydrogen-bond donors (Lipinski definition) is 1. The summed E-state index contributed by atoms with van der Waals surface area (Å²) >= 11 is 0. The van der Waals surface area contributed by atoms with E-state index in [9.17, 15) is 14.7 Å². The second-order valence-corrected chi connectivity index (χ2v) is 8.36. The number of aliphatic hydroxyl groups is 1. The van der Waals surface area contributed by atoms with E-state index in [1.165, 1.54) is 11.0 Å². The highest BCUT2D eigenvalue weighted by Crippen LogP contribution is 2.22. The fourth-order valence-electron chi connectivity index (χ4n) is 4.53. The van der Waals surface area contributed by atoms with Crippen LogP contribution in [0.25, 0.3) is 11.4 Å². The molecule has 2 fully saturated rings. The van der Waals surface area contributed by atoms with Gasteiger partial charge < -0.3 is 14.9 Å². The number of nitrogens with zero attached hydrogens (tertiary/aromatic N) is 4. The van der Waals surface area contributed by atoms with Crippen molar-refractivity contribution in [1.82, 2.24) is 19.5 Å². The van der Waals surface area contributed by atoms with E-state index in [2.05, 4.69) is 10.1 Å². The van der Waals surface area contributed by atoms with Gasteiger partial charge in [-0.25, -0.2) is 4.79 Å². The Morgan fingerprint density at radius 3 is 2.47 bits per heavy atom. The molecule has 30 heavy (non-hydrogen) atoms. The van der Waals surface area contributed by atoms with E-state index >= 15 is 0 Å². The molecule has 0 bridgehead atoms. The first-order valence-electron chi connectivity index (χ1n) is 10.9. The minimum Gasteiger partial charge on any atom is -0.390 e. The molecule has 0 aliphatic carbocycles. The van der Waals surface area contributed by atoms with Crippen LogP contribution in [0.4, 0.5) is 0 Å². The van der Waals surface area contributed by atoms with Gasteiger partial charge in [0.05, 0.1) is 12.6 Å². The summed E-state index contributed by atoms with van der Waals surface area (Å²) in [5.41, 5.74) is 0.771. The molecule has 1 aromatic carbocycles. The van der Waals surface area contributed by atoms with Crippen LogP contribution in [0.3, 0.4) is 0 Å². The predicted octanol–water partition coefficient (Wildman–Crippen LogP) is 1.59. The van der Waals surface area contributed by atoms with E-state index in [0.29, 0.717) is 18.3 Å². The van der Waals surface area contributed by atoms with Gasteiger partial charge in [-0.2, -0.15) is 0 Å². The summed E-state index contributed by atoms with van der Waals surface area (Å²) in [6.07, 6.45) is 4.38. The topological polar surface area (TPSA) is 91.8 Å². The largest absolute Gasteiger partial charge is 0.441 e. The molecular formula is C22H30N4O4. The molecule has 1 amide bonds. The predicted molar refractivity (Wildman–Crippen MR) is 112 cm³/mol. The fourth-order valence-corrected chi connectivity index (χ4v) is 4.53. The number of rotatable bonds is 6. The maximum absolute atomic E-state index is 12.7. The molecule has 3 heterocycles. The molecule has 1 atom stereocenters. The van der Waals surface area contributed by atoms with Gasteiger partial charge in [0, 0.05) is 31.1 Å². The molecule has 162 valence electrons. The number of carbonyl (C=O) groups is 1. The Bertz CT molecular complexity index is 880. The Morgan fingerprint density at radius 2 is 1.77 bits per heavy atom. The lowest BCUT2D eigenvalue weighted by Gasteiger charge is -2.36. The van der Waals surface area contributed by atoms with Crippen molar-refractivity contribution in [2.75, 3.05) is 32.7 Å². The number of β-amino-alcohol motifs (C(OH)–C–C–N with tert-alkyl or cyclic N) is 1. The summed E-state index contributed by atoms with van der Waals surface area (Å²) < 4.78 is 6.21. The van der Waals surface area contributed by atoms with E-state index in [-0.39, 0.29) is 12.5 Å². The molecule has 8 nitrogen and oxygen atoms in total. The summed E-state index contributed by atoms with van der Waals surface area (Å²) in [5.74, 6) is 0.254. The van der Waals surface area contributed by atoms with Crippen molar-refractivity contribution < 1.29 is 14.4 Å². The molecule has 0 saturated carbocycles. The third-order valence-corrected chi connectivity index (χ3v) is 6.19. The Balaban J connectivity index is 1.30. The maximum atomic E-state index is 12.7. The minimum absolute atomic E-state index is 0.0990. The molecule has 1 N–H and O–H groups in total.